The number of nitrogens with one attached hydrogen (secondary N) is 1. The molecule has 0 saturated heterocycles. The van der Waals surface area contributed by atoms with Crippen LogP contribution in [0.5, 0.6) is 0 Å². The summed E-state index contributed by atoms with van der Waals surface area (Å²) < 4.78 is 0. The van der Waals surface area contributed by atoms with Crippen molar-refractivity contribution >= 4 is 11.8 Å². The minimum Gasteiger partial charge on any atom is -0.351 e. The first-order chi connectivity index (χ1) is 9.64. The molecule has 20 heavy (non-hydrogen) atoms. The van der Waals surface area contributed by atoms with E-state index >= 15 is 0 Å². The molecule has 1 aliphatic rings. The normalized spacial score (nSPS) is 15.5. The number of amides is 2. The summed E-state index contributed by atoms with van der Waals surface area (Å²) in [6.45, 7) is 5.61. The first-order valence-corrected chi connectivity index (χ1v) is 7.10. The van der Waals surface area contributed by atoms with Gasteiger partial charge in [0.15, 0.2) is 0 Å². The Bertz CT molecular complexity index is 479. The van der Waals surface area contributed by atoms with Crippen LogP contribution in [0.4, 0.5) is 0 Å². The number of hydrogen-bond donors (Lipinski definition) is 1. The molecule has 2 amide bonds. The summed E-state index contributed by atoms with van der Waals surface area (Å²) in [4.78, 5) is 30.4. The zero-order valence-corrected chi connectivity index (χ0v) is 12.1. The highest BCUT2D eigenvalue weighted by molar-refractivity contribution is 6.07. The molecule has 1 heterocycles. The van der Waals surface area contributed by atoms with Crippen molar-refractivity contribution in [2.24, 2.45) is 5.41 Å². The number of aromatic nitrogens is 1. The molecule has 1 fully saturated rings. The average molecular weight is 275 g/mol. The maximum absolute atomic E-state index is 12.4. The van der Waals surface area contributed by atoms with E-state index < -0.39 is 5.41 Å². The maximum atomic E-state index is 12.4. The minimum atomic E-state index is -0.806. The van der Waals surface area contributed by atoms with E-state index in [-0.39, 0.29) is 11.8 Å². The lowest BCUT2D eigenvalue weighted by Gasteiger charge is -2.24. The third kappa shape index (κ3) is 2.81. The predicted molar refractivity (Wildman–Crippen MR) is 75.7 cm³/mol. The topological polar surface area (TPSA) is 62.3 Å². The van der Waals surface area contributed by atoms with E-state index in [0.717, 1.165) is 5.56 Å². The summed E-state index contributed by atoms with van der Waals surface area (Å²) in [5.74, 6) is -0.180. The van der Waals surface area contributed by atoms with Gasteiger partial charge in [0.05, 0.1) is 0 Å². The molecule has 0 unspecified atom stereocenters. The van der Waals surface area contributed by atoms with Gasteiger partial charge in [-0.3, -0.25) is 14.6 Å². The van der Waals surface area contributed by atoms with E-state index in [4.69, 9.17) is 0 Å². The van der Waals surface area contributed by atoms with Crippen LogP contribution in [0.3, 0.4) is 0 Å². The number of pyridine rings is 1. The van der Waals surface area contributed by atoms with Crippen LogP contribution in [-0.4, -0.2) is 34.8 Å². The van der Waals surface area contributed by atoms with Gasteiger partial charge in [-0.25, -0.2) is 0 Å². The fraction of sp³-hybridized carbons (Fsp3) is 0.533. The largest absolute Gasteiger partial charge is 0.351 e. The van der Waals surface area contributed by atoms with Gasteiger partial charge >= 0.3 is 0 Å². The van der Waals surface area contributed by atoms with Gasteiger partial charge in [-0.1, -0.05) is 0 Å². The second-order valence-corrected chi connectivity index (χ2v) is 5.10. The lowest BCUT2D eigenvalue weighted by Crippen LogP contribution is -2.45. The van der Waals surface area contributed by atoms with Crippen molar-refractivity contribution in [1.29, 1.82) is 0 Å². The van der Waals surface area contributed by atoms with E-state index in [9.17, 15) is 9.59 Å². The lowest BCUT2D eigenvalue weighted by atomic mass is 10.0. The van der Waals surface area contributed by atoms with Crippen LogP contribution in [0.25, 0.3) is 0 Å². The highest BCUT2D eigenvalue weighted by atomic mass is 16.2. The van der Waals surface area contributed by atoms with E-state index in [0.29, 0.717) is 32.5 Å². The zero-order chi connectivity index (χ0) is 14.6. The summed E-state index contributed by atoms with van der Waals surface area (Å²) in [6.07, 6.45) is 4.69. The summed E-state index contributed by atoms with van der Waals surface area (Å²) in [6, 6.07) is 3.71. The Labute approximate surface area is 119 Å². The van der Waals surface area contributed by atoms with Crippen molar-refractivity contribution in [3.8, 4) is 0 Å². The summed E-state index contributed by atoms with van der Waals surface area (Å²) in [5, 5.41) is 2.87. The molecular weight excluding hydrogens is 254 g/mol. The van der Waals surface area contributed by atoms with Crippen LogP contribution < -0.4 is 5.32 Å². The molecular formula is C15H21N3O2. The molecule has 1 saturated carbocycles. The Morgan fingerprint density at radius 3 is 2.35 bits per heavy atom. The summed E-state index contributed by atoms with van der Waals surface area (Å²) >= 11 is 0. The molecule has 0 aliphatic heterocycles. The Balaban J connectivity index is 1.96. The second kappa shape index (κ2) is 6.03. The number of carbonyl (C=O) groups is 2. The van der Waals surface area contributed by atoms with Crippen molar-refractivity contribution < 1.29 is 9.59 Å². The highest BCUT2D eigenvalue weighted by Crippen LogP contribution is 2.47. The highest BCUT2D eigenvalue weighted by Gasteiger charge is 2.57. The van der Waals surface area contributed by atoms with E-state index in [1.54, 1.807) is 17.3 Å². The fourth-order valence-corrected chi connectivity index (χ4v) is 2.33. The van der Waals surface area contributed by atoms with Crippen LogP contribution in [0.2, 0.25) is 0 Å². The van der Waals surface area contributed by atoms with Gasteiger partial charge in [0.25, 0.3) is 0 Å². The smallest absolute Gasteiger partial charge is 0.238 e. The molecule has 2 rings (SSSR count). The van der Waals surface area contributed by atoms with Crippen LogP contribution in [0, 0.1) is 5.41 Å². The molecule has 108 valence electrons. The van der Waals surface area contributed by atoms with Crippen molar-refractivity contribution in [1.82, 2.24) is 15.2 Å². The monoisotopic (exact) mass is 275 g/mol. The molecule has 0 spiro atoms. The Kier molecular flexibility index (Phi) is 4.37. The SMILES string of the molecule is CCN(CC)C(=O)C1(C(=O)NCc2ccncc2)CC1. The van der Waals surface area contributed by atoms with Gasteiger partial charge in [-0.05, 0) is 44.4 Å². The van der Waals surface area contributed by atoms with Crippen LogP contribution in [0.1, 0.15) is 32.3 Å². The molecule has 1 aromatic rings. The number of hydrogen-bond acceptors (Lipinski definition) is 3. The number of carbonyl (C=O) groups excluding carboxylic acids is 2. The molecule has 0 atom stereocenters. The predicted octanol–water partition coefficient (Wildman–Crippen LogP) is 1.35. The molecule has 1 aliphatic carbocycles. The lowest BCUT2D eigenvalue weighted by molar-refractivity contribution is -0.144. The zero-order valence-electron chi connectivity index (χ0n) is 12.1. The van der Waals surface area contributed by atoms with Gasteiger partial charge in [0.1, 0.15) is 5.41 Å². The number of nitrogens with zero attached hydrogens (tertiary/aromatic N) is 2. The minimum absolute atomic E-state index is 0.0327. The maximum Gasteiger partial charge on any atom is 0.238 e. The van der Waals surface area contributed by atoms with Crippen LogP contribution in [0.15, 0.2) is 24.5 Å². The Morgan fingerprint density at radius 1 is 1.25 bits per heavy atom. The van der Waals surface area contributed by atoms with Gasteiger partial charge in [0.2, 0.25) is 11.8 Å². The quantitative estimate of drug-likeness (QED) is 0.797. The van der Waals surface area contributed by atoms with Gasteiger partial charge < -0.3 is 10.2 Å². The third-order valence-electron chi connectivity index (χ3n) is 3.85. The van der Waals surface area contributed by atoms with Crippen molar-refractivity contribution in [3.63, 3.8) is 0 Å². The molecule has 5 heteroatoms. The molecule has 5 nitrogen and oxygen atoms in total. The third-order valence-corrected chi connectivity index (χ3v) is 3.85. The summed E-state index contributed by atoms with van der Waals surface area (Å²) in [7, 11) is 0. The molecule has 1 aromatic heterocycles. The summed E-state index contributed by atoms with van der Waals surface area (Å²) in [5.41, 5.74) is 0.179. The Morgan fingerprint density at radius 2 is 1.85 bits per heavy atom. The van der Waals surface area contributed by atoms with Crippen molar-refractivity contribution in [3.05, 3.63) is 30.1 Å². The average Bonchev–Trinajstić information content (AvgIpc) is 3.28. The van der Waals surface area contributed by atoms with Gasteiger partial charge in [0, 0.05) is 32.0 Å². The van der Waals surface area contributed by atoms with E-state index in [1.165, 1.54) is 0 Å². The van der Waals surface area contributed by atoms with Gasteiger partial charge in [-0.15, -0.1) is 0 Å². The second-order valence-electron chi connectivity index (χ2n) is 5.10. The first kappa shape index (κ1) is 14.5. The Hall–Kier alpha value is -1.91. The van der Waals surface area contributed by atoms with Crippen LogP contribution >= 0.6 is 0 Å². The standard InChI is InChI=1S/C15H21N3O2/c1-3-18(4-2)14(20)15(7-8-15)13(19)17-11-12-5-9-16-10-6-12/h5-6,9-10H,3-4,7-8,11H2,1-2H3,(H,17,19). The number of rotatable bonds is 6. The first-order valence-electron chi connectivity index (χ1n) is 7.10. The molecule has 1 N–H and O–H groups in total. The van der Waals surface area contributed by atoms with Crippen molar-refractivity contribution in [2.75, 3.05) is 13.1 Å². The van der Waals surface area contributed by atoms with Crippen LogP contribution in [-0.2, 0) is 16.1 Å². The molecule has 0 radical (unpaired) electrons. The van der Waals surface area contributed by atoms with Gasteiger partial charge in [-0.2, -0.15) is 0 Å². The van der Waals surface area contributed by atoms with E-state index in [1.807, 2.05) is 26.0 Å². The molecule has 0 aromatic carbocycles. The van der Waals surface area contributed by atoms with E-state index in [2.05, 4.69) is 10.3 Å². The van der Waals surface area contributed by atoms with Crippen molar-refractivity contribution in [2.45, 2.75) is 33.2 Å². The fourth-order valence-electron chi connectivity index (χ4n) is 2.33. The molecule has 0 bridgehead atoms.